The third kappa shape index (κ3) is 5.55. The number of benzene rings is 3. The quantitative estimate of drug-likeness (QED) is 0.429. The van der Waals surface area contributed by atoms with Gasteiger partial charge in [-0.25, -0.2) is 4.39 Å². The van der Waals surface area contributed by atoms with Crippen molar-refractivity contribution in [1.82, 2.24) is 4.90 Å². The maximum absolute atomic E-state index is 13.5. The summed E-state index contributed by atoms with van der Waals surface area (Å²) in [5.74, 6) is 0.646. The number of hydrogen-bond acceptors (Lipinski definition) is 2. The molecule has 0 amide bonds. The molecule has 3 aromatic carbocycles. The molecule has 0 fully saturated rings. The molecule has 0 aliphatic heterocycles. The second-order valence-electron chi connectivity index (χ2n) is 7.26. The second kappa shape index (κ2) is 10.0. The summed E-state index contributed by atoms with van der Waals surface area (Å²) in [6.45, 7) is 3.67. The van der Waals surface area contributed by atoms with E-state index in [9.17, 15) is 4.39 Å². The fourth-order valence-corrected chi connectivity index (χ4v) is 3.36. The van der Waals surface area contributed by atoms with E-state index < -0.39 is 0 Å². The van der Waals surface area contributed by atoms with Crippen LogP contribution in [0, 0.1) is 5.82 Å². The molecule has 3 rings (SSSR count). The molecule has 0 radical (unpaired) electrons. The first-order valence-electron chi connectivity index (χ1n) is 10.0. The average Bonchev–Trinajstić information content (AvgIpc) is 2.74. The van der Waals surface area contributed by atoms with Gasteiger partial charge in [0.1, 0.15) is 18.2 Å². The molecule has 0 saturated carbocycles. The molecule has 0 heterocycles. The Bertz CT molecular complexity index is 929. The topological polar surface area (TPSA) is 12.5 Å². The van der Waals surface area contributed by atoms with E-state index in [1.54, 1.807) is 0 Å². The number of hydrogen-bond donors (Lipinski definition) is 0. The highest BCUT2D eigenvalue weighted by atomic mass is 19.1. The van der Waals surface area contributed by atoms with Crippen molar-refractivity contribution in [2.75, 3.05) is 27.2 Å². The van der Waals surface area contributed by atoms with Crippen LogP contribution in [0.15, 0.2) is 78.9 Å². The van der Waals surface area contributed by atoms with Crippen LogP contribution in [0.5, 0.6) is 5.75 Å². The third-order valence-electron chi connectivity index (χ3n) is 4.86. The fourth-order valence-electron chi connectivity index (χ4n) is 3.36. The highest BCUT2D eigenvalue weighted by molar-refractivity contribution is 5.98. The number of ether oxygens (including phenoxy) is 1. The third-order valence-corrected chi connectivity index (χ3v) is 4.86. The Labute approximate surface area is 173 Å². The van der Waals surface area contributed by atoms with Gasteiger partial charge in [-0.2, -0.15) is 0 Å². The minimum atomic E-state index is -0.218. The van der Waals surface area contributed by atoms with Gasteiger partial charge in [-0.3, -0.25) is 0 Å². The van der Waals surface area contributed by atoms with Crippen LogP contribution in [0.3, 0.4) is 0 Å². The Morgan fingerprint density at radius 3 is 1.97 bits per heavy atom. The molecule has 3 aromatic rings. The van der Waals surface area contributed by atoms with Gasteiger partial charge in [0.15, 0.2) is 0 Å². The van der Waals surface area contributed by atoms with E-state index in [1.807, 2.05) is 56.6 Å². The lowest BCUT2D eigenvalue weighted by molar-refractivity contribution is 0.261. The van der Waals surface area contributed by atoms with E-state index in [0.29, 0.717) is 6.61 Å². The van der Waals surface area contributed by atoms with Gasteiger partial charge < -0.3 is 9.64 Å². The molecule has 0 N–H and O–H groups in total. The van der Waals surface area contributed by atoms with Gasteiger partial charge in [0, 0.05) is 6.54 Å². The largest absolute Gasteiger partial charge is 0.492 e. The number of nitrogens with zero attached hydrogens (tertiary/aromatic N) is 1. The molecule has 3 heteroatoms. The van der Waals surface area contributed by atoms with Crippen molar-refractivity contribution in [2.24, 2.45) is 0 Å². The van der Waals surface area contributed by atoms with Gasteiger partial charge >= 0.3 is 0 Å². The lowest BCUT2D eigenvalue weighted by Crippen LogP contribution is -2.19. The Hall–Kier alpha value is -2.91. The van der Waals surface area contributed by atoms with Crippen LogP contribution in [0.25, 0.3) is 11.1 Å². The van der Waals surface area contributed by atoms with Gasteiger partial charge in [-0.05, 0) is 72.6 Å². The first kappa shape index (κ1) is 20.8. The van der Waals surface area contributed by atoms with Crippen LogP contribution >= 0.6 is 0 Å². The van der Waals surface area contributed by atoms with E-state index in [0.717, 1.165) is 35.4 Å². The zero-order chi connectivity index (χ0) is 20.6. The molecule has 0 atom stereocenters. The predicted molar refractivity (Wildman–Crippen MR) is 120 cm³/mol. The summed E-state index contributed by atoms with van der Waals surface area (Å²) >= 11 is 0. The van der Waals surface area contributed by atoms with Crippen molar-refractivity contribution < 1.29 is 9.13 Å². The van der Waals surface area contributed by atoms with E-state index in [4.69, 9.17) is 4.74 Å². The van der Waals surface area contributed by atoms with Crippen LogP contribution in [0.2, 0.25) is 0 Å². The number of rotatable bonds is 8. The molecule has 0 aromatic heterocycles. The van der Waals surface area contributed by atoms with Gasteiger partial charge in [0.05, 0.1) is 0 Å². The van der Waals surface area contributed by atoms with E-state index >= 15 is 0 Å². The Kier molecular flexibility index (Phi) is 7.20. The van der Waals surface area contributed by atoms with Crippen LogP contribution in [0.1, 0.15) is 30.0 Å². The molecular weight excluding hydrogens is 361 g/mol. The molecular formula is C26H28FNO. The Morgan fingerprint density at radius 1 is 0.793 bits per heavy atom. The summed E-state index contributed by atoms with van der Waals surface area (Å²) in [4.78, 5) is 2.10. The highest BCUT2D eigenvalue weighted by Crippen LogP contribution is 2.35. The zero-order valence-electron chi connectivity index (χ0n) is 17.4. The van der Waals surface area contributed by atoms with Crippen LogP contribution in [-0.4, -0.2) is 32.1 Å². The van der Waals surface area contributed by atoms with Crippen molar-refractivity contribution in [2.45, 2.75) is 13.3 Å². The normalized spacial score (nSPS) is 12.0. The molecule has 29 heavy (non-hydrogen) atoms. The van der Waals surface area contributed by atoms with Crippen molar-refractivity contribution in [3.8, 4) is 5.75 Å². The molecule has 0 bridgehead atoms. The fraction of sp³-hybridized carbons (Fsp3) is 0.231. The molecule has 0 spiro atoms. The van der Waals surface area contributed by atoms with Crippen LogP contribution in [0.4, 0.5) is 4.39 Å². The summed E-state index contributed by atoms with van der Waals surface area (Å²) in [5.41, 5.74) is 5.67. The zero-order valence-corrected chi connectivity index (χ0v) is 17.4. The summed E-state index contributed by atoms with van der Waals surface area (Å²) < 4.78 is 19.3. The smallest absolute Gasteiger partial charge is 0.123 e. The molecule has 0 aliphatic rings. The van der Waals surface area contributed by atoms with Gasteiger partial charge in [0.25, 0.3) is 0 Å². The van der Waals surface area contributed by atoms with Crippen molar-refractivity contribution >= 4 is 11.1 Å². The SMILES string of the molecule is CCC(=C(c1ccccc1)c1ccc(OCCN(C)C)cc1)c1ccc(F)cc1. The first-order chi connectivity index (χ1) is 14.1. The minimum Gasteiger partial charge on any atom is -0.492 e. The maximum atomic E-state index is 13.5. The molecule has 0 aliphatic carbocycles. The standard InChI is InChI=1S/C26H28FNO/c1-4-25(20-10-14-23(27)15-11-20)26(21-8-6-5-7-9-21)22-12-16-24(17-13-22)29-19-18-28(2)3/h5-17H,4,18-19H2,1-3H3. The van der Waals surface area contributed by atoms with Gasteiger partial charge in [0.2, 0.25) is 0 Å². The Morgan fingerprint density at radius 2 is 1.38 bits per heavy atom. The summed E-state index contributed by atoms with van der Waals surface area (Å²) in [6, 6.07) is 25.4. The summed E-state index contributed by atoms with van der Waals surface area (Å²) in [6.07, 6.45) is 0.844. The molecule has 0 unspecified atom stereocenters. The first-order valence-corrected chi connectivity index (χ1v) is 10.0. The number of allylic oxidation sites excluding steroid dienone is 1. The summed E-state index contributed by atoms with van der Waals surface area (Å²) in [5, 5.41) is 0. The minimum absolute atomic E-state index is 0.218. The van der Waals surface area contributed by atoms with E-state index in [2.05, 4.69) is 36.1 Å². The van der Waals surface area contributed by atoms with Crippen LogP contribution in [-0.2, 0) is 0 Å². The highest BCUT2D eigenvalue weighted by Gasteiger charge is 2.13. The van der Waals surface area contributed by atoms with E-state index in [-0.39, 0.29) is 5.82 Å². The second-order valence-corrected chi connectivity index (χ2v) is 7.26. The van der Waals surface area contributed by atoms with Crippen molar-refractivity contribution in [1.29, 1.82) is 0 Å². The molecule has 2 nitrogen and oxygen atoms in total. The van der Waals surface area contributed by atoms with Crippen molar-refractivity contribution in [3.05, 3.63) is 101 Å². The monoisotopic (exact) mass is 389 g/mol. The van der Waals surface area contributed by atoms with E-state index in [1.165, 1.54) is 23.3 Å². The average molecular weight is 390 g/mol. The lowest BCUT2D eigenvalue weighted by atomic mass is 9.88. The molecule has 0 saturated heterocycles. The number of halogens is 1. The lowest BCUT2D eigenvalue weighted by Gasteiger charge is -2.17. The molecule has 150 valence electrons. The summed E-state index contributed by atoms with van der Waals surface area (Å²) in [7, 11) is 4.07. The predicted octanol–water partition coefficient (Wildman–Crippen LogP) is 6.14. The van der Waals surface area contributed by atoms with Gasteiger partial charge in [-0.15, -0.1) is 0 Å². The van der Waals surface area contributed by atoms with Gasteiger partial charge in [-0.1, -0.05) is 61.5 Å². The Balaban J connectivity index is 2.01. The maximum Gasteiger partial charge on any atom is 0.123 e. The van der Waals surface area contributed by atoms with Crippen LogP contribution < -0.4 is 4.74 Å². The number of likely N-dealkylation sites (N-methyl/N-ethyl adjacent to an activating group) is 1. The van der Waals surface area contributed by atoms with Crippen molar-refractivity contribution in [3.63, 3.8) is 0 Å².